The third-order valence-corrected chi connectivity index (χ3v) is 3.76. The van der Waals surface area contributed by atoms with Crippen LogP contribution in [0.25, 0.3) is 0 Å². The van der Waals surface area contributed by atoms with Crippen molar-refractivity contribution in [1.82, 2.24) is 4.90 Å². The number of rotatable bonds is 4. The number of hydrogen-bond donors (Lipinski definition) is 2. The molecule has 0 aliphatic carbocycles. The van der Waals surface area contributed by atoms with Crippen molar-refractivity contribution in [3.63, 3.8) is 0 Å². The van der Waals surface area contributed by atoms with Gasteiger partial charge < -0.3 is 16.4 Å². The fourth-order valence-corrected chi connectivity index (χ4v) is 2.53. The van der Waals surface area contributed by atoms with E-state index in [2.05, 4.69) is 52.9 Å². The second-order valence-electron chi connectivity index (χ2n) is 5.53. The fourth-order valence-electron chi connectivity index (χ4n) is 2.53. The number of aliphatic imine (C=N–C) groups is 1. The van der Waals surface area contributed by atoms with Gasteiger partial charge in [0, 0.05) is 37.9 Å². The third kappa shape index (κ3) is 3.87. The van der Waals surface area contributed by atoms with Gasteiger partial charge in [-0.25, -0.2) is 4.99 Å². The van der Waals surface area contributed by atoms with Crippen LogP contribution in [0.3, 0.4) is 0 Å². The summed E-state index contributed by atoms with van der Waals surface area (Å²) >= 11 is 0. The summed E-state index contributed by atoms with van der Waals surface area (Å²) in [7, 11) is 0. The Morgan fingerprint density at radius 1 is 1.20 bits per heavy atom. The molecule has 1 heterocycles. The molecule has 0 bridgehead atoms. The minimum Gasteiger partial charge on any atom is -0.370 e. The molecule has 20 heavy (non-hydrogen) atoms. The highest BCUT2D eigenvalue weighted by Crippen LogP contribution is 2.19. The van der Waals surface area contributed by atoms with Gasteiger partial charge in [-0.15, -0.1) is 0 Å². The molecule has 0 spiro atoms. The highest BCUT2D eigenvalue weighted by molar-refractivity contribution is 5.75. The number of benzene rings is 1. The van der Waals surface area contributed by atoms with Crippen molar-refractivity contribution < 1.29 is 0 Å². The van der Waals surface area contributed by atoms with Crippen molar-refractivity contribution in [2.45, 2.75) is 26.4 Å². The summed E-state index contributed by atoms with van der Waals surface area (Å²) in [4.78, 5) is 9.00. The molecule has 110 valence electrons. The zero-order chi connectivity index (χ0) is 14.5. The molecule has 1 aliphatic heterocycles. The normalized spacial score (nSPS) is 16.4. The molecule has 1 aromatic carbocycles. The van der Waals surface area contributed by atoms with Crippen LogP contribution in [0.5, 0.6) is 0 Å². The summed E-state index contributed by atoms with van der Waals surface area (Å²) < 4.78 is 0. The molecule has 1 saturated heterocycles. The zero-order valence-corrected chi connectivity index (χ0v) is 12.4. The van der Waals surface area contributed by atoms with E-state index < -0.39 is 0 Å². The van der Waals surface area contributed by atoms with Gasteiger partial charge in [0.15, 0.2) is 5.96 Å². The van der Waals surface area contributed by atoms with Crippen LogP contribution in [0.15, 0.2) is 29.3 Å². The first kappa shape index (κ1) is 14.7. The average Bonchev–Trinajstić information content (AvgIpc) is 2.45. The maximum absolute atomic E-state index is 5.38. The summed E-state index contributed by atoms with van der Waals surface area (Å²) in [6.07, 6.45) is 0. The van der Waals surface area contributed by atoms with E-state index in [-0.39, 0.29) is 5.96 Å². The van der Waals surface area contributed by atoms with E-state index in [0.29, 0.717) is 12.6 Å². The smallest absolute Gasteiger partial charge is 0.186 e. The number of anilines is 1. The Morgan fingerprint density at radius 3 is 2.50 bits per heavy atom. The van der Waals surface area contributed by atoms with E-state index in [4.69, 9.17) is 11.5 Å². The number of nitrogens with two attached hydrogens (primary N) is 2. The van der Waals surface area contributed by atoms with E-state index in [1.807, 2.05) is 0 Å². The molecule has 0 unspecified atom stereocenters. The Morgan fingerprint density at radius 2 is 1.90 bits per heavy atom. The molecular formula is C15H25N5. The molecule has 0 atom stereocenters. The summed E-state index contributed by atoms with van der Waals surface area (Å²) in [5.74, 6) is 0.140. The number of guanidine groups is 1. The largest absolute Gasteiger partial charge is 0.370 e. The van der Waals surface area contributed by atoms with Gasteiger partial charge in [0.05, 0.1) is 6.54 Å². The first-order valence-electron chi connectivity index (χ1n) is 7.19. The highest BCUT2D eigenvalue weighted by Gasteiger charge is 2.18. The number of nitrogens with zero attached hydrogens (tertiary/aromatic N) is 3. The van der Waals surface area contributed by atoms with Crippen molar-refractivity contribution in [3.05, 3.63) is 29.8 Å². The monoisotopic (exact) mass is 275 g/mol. The zero-order valence-electron chi connectivity index (χ0n) is 12.4. The van der Waals surface area contributed by atoms with Gasteiger partial charge in [-0.1, -0.05) is 12.1 Å². The van der Waals surface area contributed by atoms with E-state index in [9.17, 15) is 0 Å². The van der Waals surface area contributed by atoms with Crippen LogP contribution in [0, 0.1) is 0 Å². The van der Waals surface area contributed by atoms with Gasteiger partial charge in [-0.3, -0.25) is 4.90 Å². The topological polar surface area (TPSA) is 70.9 Å². The SMILES string of the molecule is CC(C)N1CCN(c2cccc(CN=C(N)N)c2)CC1. The van der Waals surface area contributed by atoms with Crippen LogP contribution in [-0.2, 0) is 6.54 Å². The molecule has 4 N–H and O–H groups in total. The molecule has 0 aromatic heterocycles. The minimum atomic E-state index is 0.140. The Kier molecular flexibility index (Phi) is 4.84. The lowest BCUT2D eigenvalue weighted by Crippen LogP contribution is -2.48. The highest BCUT2D eigenvalue weighted by atomic mass is 15.3. The fraction of sp³-hybridized carbons (Fsp3) is 0.533. The Labute approximate surface area is 121 Å². The molecular weight excluding hydrogens is 250 g/mol. The summed E-state index contributed by atoms with van der Waals surface area (Å²) in [6, 6.07) is 9.09. The maximum atomic E-state index is 5.38. The number of piperazine rings is 1. The van der Waals surface area contributed by atoms with Gasteiger partial charge in [-0.05, 0) is 31.5 Å². The molecule has 0 amide bonds. The van der Waals surface area contributed by atoms with Crippen LogP contribution in [0.1, 0.15) is 19.4 Å². The molecule has 5 nitrogen and oxygen atoms in total. The van der Waals surface area contributed by atoms with Crippen LogP contribution in [0.4, 0.5) is 5.69 Å². The standard InChI is InChI=1S/C15H25N5/c1-12(2)19-6-8-20(9-7-19)14-5-3-4-13(10-14)11-18-15(16)17/h3-5,10,12H,6-9,11H2,1-2H3,(H4,16,17,18). The number of hydrogen-bond acceptors (Lipinski definition) is 3. The quantitative estimate of drug-likeness (QED) is 0.635. The lowest BCUT2D eigenvalue weighted by atomic mass is 10.1. The lowest BCUT2D eigenvalue weighted by molar-refractivity contribution is 0.209. The molecule has 1 fully saturated rings. The summed E-state index contributed by atoms with van der Waals surface area (Å²) in [6.45, 7) is 9.44. The van der Waals surface area contributed by atoms with Gasteiger partial charge >= 0.3 is 0 Å². The maximum Gasteiger partial charge on any atom is 0.186 e. The predicted octanol–water partition coefficient (Wildman–Crippen LogP) is 0.990. The van der Waals surface area contributed by atoms with Crippen molar-refractivity contribution in [2.24, 2.45) is 16.5 Å². The Bertz CT molecular complexity index is 457. The van der Waals surface area contributed by atoms with Gasteiger partial charge in [0.25, 0.3) is 0 Å². The molecule has 2 rings (SSSR count). The Balaban J connectivity index is 1.99. The molecule has 0 radical (unpaired) electrons. The van der Waals surface area contributed by atoms with Crippen molar-refractivity contribution >= 4 is 11.6 Å². The van der Waals surface area contributed by atoms with E-state index in [0.717, 1.165) is 31.7 Å². The molecule has 5 heteroatoms. The summed E-state index contributed by atoms with van der Waals surface area (Å²) in [5, 5.41) is 0. The average molecular weight is 275 g/mol. The minimum absolute atomic E-state index is 0.140. The molecule has 1 aromatic rings. The van der Waals surface area contributed by atoms with Crippen LogP contribution >= 0.6 is 0 Å². The first-order chi connectivity index (χ1) is 9.56. The Hall–Kier alpha value is -1.75. The van der Waals surface area contributed by atoms with Crippen molar-refractivity contribution in [2.75, 3.05) is 31.1 Å². The molecule has 1 aliphatic rings. The second-order valence-corrected chi connectivity index (χ2v) is 5.53. The lowest BCUT2D eigenvalue weighted by Gasteiger charge is -2.38. The van der Waals surface area contributed by atoms with Crippen molar-refractivity contribution in [3.8, 4) is 0 Å². The first-order valence-corrected chi connectivity index (χ1v) is 7.19. The second kappa shape index (κ2) is 6.61. The van der Waals surface area contributed by atoms with Crippen LogP contribution in [-0.4, -0.2) is 43.1 Å². The van der Waals surface area contributed by atoms with Gasteiger partial charge in [0.1, 0.15) is 0 Å². The van der Waals surface area contributed by atoms with Gasteiger partial charge in [-0.2, -0.15) is 0 Å². The van der Waals surface area contributed by atoms with E-state index >= 15 is 0 Å². The van der Waals surface area contributed by atoms with E-state index in [1.54, 1.807) is 0 Å². The molecule has 0 saturated carbocycles. The third-order valence-electron chi connectivity index (χ3n) is 3.76. The van der Waals surface area contributed by atoms with Crippen LogP contribution in [0.2, 0.25) is 0 Å². The van der Waals surface area contributed by atoms with Gasteiger partial charge in [0.2, 0.25) is 0 Å². The summed E-state index contributed by atoms with van der Waals surface area (Å²) in [5.41, 5.74) is 13.2. The van der Waals surface area contributed by atoms with Crippen LogP contribution < -0.4 is 16.4 Å². The predicted molar refractivity (Wildman–Crippen MR) is 84.9 cm³/mol. The van der Waals surface area contributed by atoms with E-state index in [1.165, 1.54) is 5.69 Å². The van der Waals surface area contributed by atoms with Crippen molar-refractivity contribution in [1.29, 1.82) is 0 Å².